The van der Waals surface area contributed by atoms with Crippen molar-refractivity contribution in [3.05, 3.63) is 64.0 Å². The molecule has 2 aromatic carbocycles. The molecule has 10 heteroatoms. The van der Waals surface area contributed by atoms with Crippen molar-refractivity contribution in [3.63, 3.8) is 0 Å². The van der Waals surface area contributed by atoms with Crippen LogP contribution in [-0.4, -0.2) is 22.7 Å². The van der Waals surface area contributed by atoms with Crippen molar-refractivity contribution >= 4 is 34.8 Å². The van der Waals surface area contributed by atoms with Gasteiger partial charge in [0.2, 0.25) is 0 Å². The molecule has 0 aliphatic rings. The third kappa shape index (κ3) is 4.53. The van der Waals surface area contributed by atoms with E-state index in [0.29, 0.717) is 21.3 Å². The molecule has 0 atom stereocenters. The molecule has 0 fully saturated rings. The second kappa shape index (κ2) is 7.89. The van der Waals surface area contributed by atoms with Crippen LogP contribution in [0.4, 0.5) is 18.9 Å². The summed E-state index contributed by atoms with van der Waals surface area (Å²) in [6, 6.07) is 9.05. The molecular weight excluding hydrogens is 406 g/mol. The quantitative estimate of drug-likeness (QED) is 0.587. The summed E-state index contributed by atoms with van der Waals surface area (Å²) in [4.78, 5) is 12.3. The van der Waals surface area contributed by atoms with Crippen LogP contribution >= 0.6 is 23.2 Å². The molecule has 0 saturated heterocycles. The maximum absolute atomic E-state index is 13.2. The number of carbonyl (C=O) groups excluding carboxylic acids is 1. The van der Waals surface area contributed by atoms with Crippen molar-refractivity contribution in [2.24, 2.45) is 0 Å². The maximum Gasteiger partial charge on any atom is 0.387 e. The molecule has 5 nitrogen and oxygen atoms in total. The third-order valence-corrected chi connectivity index (χ3v) is 3.99. The lowest BCUT2D eigenvalue weighted by atomic mass is 10.1. The summed E-state index contributed by atoms with van der Waals surface area (Å²) in [7, 11) is 0. The molecule has 0 aliphatic carbocycles. The minimum absolute atomic E-state index is 0.0309. The largest absolute Gasteiger partial charge is 0.432 e. The number of amides is 1. The second-order valence-corrected chi connectivity index (χ2v) is 6.11. The molecule has 3 aromatic rings. The van der Waals surface area contributed by atoms with Crippen LogP contribution in [0, 0.1) is 5.82 Å². The number of alkyl halides is 2. The number of H-pyrrole nitrogens is 1. The van der Waals surface area contributed by atoms with Crippen LogP contribution in [0.5, 0.6) is 5.75 Å². The van der Waals surface area contributed by atoms with Gasteiger partial charge in [0.25, 0.3) is 5.91 Å². The van der Waals surface area contributed by atoms with Gasteiger partial charge in [-0.25, -0.2) is 4.39 Å². The zero-order valence-electron chi connectivity index (χ0n) is 13.3. The summed E-state index contributed by atoms with van der Waals surface area (Å²) in [6.07, 6.45) is 0. The van der Waals surface area contributed by atoms with Crippen molar-refractivity contribution in [1.82, 2.24) is 10.2 Å². The lowest BCUT2D eigenvalue weighted by Gasteiger charge is -2.11. The van der Waals surface area contributed by atoms with Gasteiger partial charge >= 0.3 is 6.61 Å². The average molecular weight is 416 g/mol. The molecule has 0 bridgehead atoms. The minimum atomic E-state index is -3.17. The Kier molecular flexibility index (Phi) is 5.57. The van der Waals surface area contributed by atoms with E-state index in [1.807, 2.05) is 0 Å². The minimum Gasteiger partial charge on any atom is -0.432 e. The first kappa shape index (κ1) is 19.1. The highest BCUT2D eigenvalue weighted by Gasteiger charge is 2.17. The van der Waals surface area contributed by atoms with Gasteiger partial charge in [0.05, 0.1) is 16.4 Å². The van der Waals surface area contributed by atoms with Gasteiger partial charge in [-0.2, -0.15) is 13.9 Å². The summed E-state index contributed by atoms with van der Waals surface area (Å²) in [5, 5.41) is 9.66. The van der Waals surface area contributed by atoms with Gasteiger partial charge in [-0.15, -0.1) is 0 Å². The van der Waals surface area contributed by atoms with Crippen molar-refractivity contribution in [2.45, 2.75) is 6.61 Å². The number of hydrogen-bond acceptors (Lipinski definition) is 3. The predicted molar refractivity (Wildman–Crippen MR) is 95.0 cm³/mol. The Morgan fingerprint density at radius 2 is 1.93 bits per heavy atom. The number of nitrogens with zero attached hydrogens (tertiary/aromatic N) is 1. The molecule has 0 spiro atoms. The van der Waals surface area contributed by atoms with Crippen molar-refractivity contribution in [2.75, 3.05) is 5.32 Å². The number of aromatic amines is 1. The highest BCUT2D eigenvalue weighted by molar-refractivity contribution is 6.36. The number of carbonyl (C=O) groups is 1. The van der Waals surface area contributed by atoms with Crippen LogP contribution in [-0.2, 0) is 0 Å². The molecular formula is C17H10Cl2F3N3O2. The summed E-state index contributed by atoms with van der Waals surface area (Å²) in [6.45, 7) is -3.17. The van der Waals surface area contributed by atoms with E-state index < -0.39 is 24.1 Å². The Morgan fingerprint density at radius 3 is 2.63 bits per heavy atom. The Labute approximate surface area is 161 Å². The number of ether oxygens (including phenoxy) is 1. The number of benzene rings is 2. The summed E-state index contributed by atoms with van der Waals surface area (Å²) in [5.41, 5.74) is 0.829. The number of hydrogen-bond donors (Lipinski definition) is 2. The fourth-order valence-electron chi connectivity index (χ4n) is 2.26. The van der Waals surface area contributed by atoms with Crippen molar-refractivity contribution < 1.29 is 22.7 Å². The number of rotatable bonds is 5. The van der Waals surface area contributed by atoms with Gasteiger partial charge in [0, 0.05) is 16.7 Å². The van der Waals surface area contributed by atoms with Crippen LogP contribution in [0.3, 0.4) is 0 Å². The van der Waals surface area contributed by atoms with E-state index in [1.54, 1.807) is 12.1 Å². The highest BCUT2D eigenvalue weighted by Crippen LogP contribution is 2.30. The fourth-order valence-corrected chi connectivity index (χ4v) is 2.76. The molecule has 0 saturated carbocycles. The summed E-state index contributed by atoms with van der Waals surface area (Å²) in [5.74, 6) is -1.98. The smallest absolute Gasteiger partial charge is 0.387 e. The maximum atomic E-state index is 13.2. The first-order valence-corrected chi connectivity index (χ1v) is 8.15. The fraction of sp³-hybridized carbons (Fsp3) is 0.0588. The van der Waals surface area contributed by atoms with Gasteiger partial charge in [0.1, 0.15) is 11.5 Å². The van der Waals surface area contributed by atoms with Gasteiger partial charge in [-0.1, -0.05) is 23.2 Å². The van der Waals surface area contributed by atoms with Crippen LogP contribution < -0.4 is 10.1 Å². The Morgan fingerprint density at radius 1 is 1.15 bits per heavy atom. The topological polar surface area (TPSA) is 67.0 Å². The molecule has 0 unspecified atom stereocenters. The van der Waals surface area contributed by atoms with Crippen LogP contribution in [0.15, 0.2) is 42.5 Å². The molecule has 3 rings (SSSR count). The van der Waals surface area contributed by atoms with Gasteiger partial charge < -0.3 is 10.1 Å². The Hall–Kier alpha value is -2.71. The van der Waals surface area contributed by atoms with E-state index in [0.717, 1.165) is 18.2 Å². The number of aromatic nitrogens is 2. The van der Waals surface area contributed by atoms with E-state index in [2.05, 4.69) is 20.3 Å². The molecule has 140 valence electrons. The Balaban J connectivity index is 1.83. The normalized spacial score (nSPS) is 10.9. The molecule has 1 aromatic heterocycles. The number of halogens is 5. The molecule has 27 heavy (non-hydrogen) atoms. The Bertz CT molecular complexity index is 995. The zero-order valence-corrected chi connectivity index (χ0v) is 14.8. The SMILES string of the molecule is O=C(Nc1ccc(F)cc1OC(F)F)c1cc(-c2ccc(Cl)cc2Cl)n[nH]1. The average Bonchev–Trinajstić information content (AvgIpc) is 3.06. The van der Waals surface area contributed by atoms with Crippen LogP contribution in [0.1, 0.15) is 10.5 Å². The predicted octanol–water partition coefficient (Wildman–Crippen LogP) is 5.38. The van der Waals surface area contributed by atoms with Crippen LogP contribution in [0.25, 0.3) is 11.3 Å². The molecule has 0 radical (unpaired) electrons. The third-order valence-electron chi connectivity index (χ3n) is 3.44. The van der Waals surface area contributed by atoms with Gasteiger partial charge in [0.15, 0.2) is 5.75 Å². The standard InChI is InChI=1S/C17H10Cl2F3N3O2/c18-8-1-3-10(11(19)5-8)13-7-14(25-24-13)16(26)23-12-4-2-9(20)6-15(12)27-17(21)22/h1-7,17H,(H,23,26)(H,24,25). The molecule has 2 N–H and O–H groups in total. The second-order valence-electron chi connectivity index (χ2n) is 5.26. The monoisotopic (exact) mass is 415 g/mol. The van der Waals surface area contributed by atoms with Crippen molar-refractivity contribution in [3.8, 4) is 17.0 Å². The molecule has 1 heterocycles. The van der Waals surface area contributed by atoms with E-state index >= 15 is 0 Å². The lowest BCUT2D eigenvalue weighted by Crippen LogP contribution is -2.14. The molecule has 1 amide bonds. The number of nitrogens with one attached hydrogen (secondary N) is 2. The highest BCUT2D eigenvalue weighted by atomic mass is 35.5. The van der Waals surface area contributed by atoms with E-state index in [-0.39, 0.29) is 11.4 Å². The zero-order chi connectivity index (χ0) is 19.6. The first-order valence-electron chi connectivity index (χ1n) is 7.40. The van der Waals surface area contributed by atoms with Crippen LogP contribution in [0.2, 0.25) is 10.0 Å². The molecule has 0 aliphatic heterocycles. The number of anilines is 1. The van der Waals surface area contributed by atoms with E-state index in [9.17, 15) is 18.0 Å². The van der Waals surface area contributed by atoms with Crippen molar-refractivity contribution in [1.29, 1.82) is 0 Å². The lowest BCUT2D eigenvalue weighted by molar-refractivity contribution is -0.0495. The van der Waals surface area contributed by atoms with Gasteiger partial charge in [-0.05, 0) is 36.4 Å². The first-order chi connectivity index (χ1) is 12.8. The summed E-state index contributed by atoms with van der Waals surface area (Å²) < 4.78 is 42.4. The van der Waals surface area contributed by atoms with Gasteiger partial charge in [-0.3, -0.25) is 9.89 Å². The van der Waals surface area contributed by atoms with E-state index in [1.165, 1.54) is 12.1 Å². The summed E-state index contributed by atoms with van der Waals surface area (Å²) >= 11 is 11.9. The van der Waals surface area contributed by atoms with E-state index in [4.69, 9.17) is 23.2 Å².